The number of ether oxygens (including phenoxy) is 2. The standard InChI is InChI=1S/C25H33N3O3.HI/c1-2-8-23-21(7-1)22(11-16-30-23)28-24(26-14-9-20-6-5-15-29-20)27-19-10-17-31-25(18-19)12-3-4-13-25;/h1-2,5-8,15,19,22H,3-4,9-14,16-18H2,(H2,26,27,28);1H. The normalized spacial score (nSPS) is 24.3. The van der Waals surface area contributed by atoms with Crippen LogP contribution in [0.3, 0.4) is 0 Å². The van der Waals surface area contributed by atoms with Crippen LogP contribution in [-0.2, 0) is 11.2 Å². The van der Waals surface area contributed by atoms with Crippen LogP contribution < -0.4 is 15.4 Å². The molecule has 2 N–H and O–H groups in total. The summed E-state index contributed by atoms with van der Waals surface area (Å²) < 4.78 is 17.6. The number of rotatable bonds is 5. The molecule has 2 aromatic rings. The van der Waals surface area contributed by atoms with Gasteiger partial charge in [0.2, 0.25) is 0 Å². The van der Waals surface area contributed by atoms with Gasteiger partial charge in [-0.2, -0.15) is 0 Å². The van der Waals surface area contributed by atoms with E-state index in [2.05, 4.69) is 22.8 Å². The van der Waals surface area contributed by atoms with Gasteiger partial charge in [0.1, 0.15) is 11.5 Å². The molecule has 0 radical (unpaired) electrons. The van der Waals surface area contributed by atoms with Crippen molar-refractivity contribution in [3.05, 3.63) is 54.0 Å². The van der Waals surface area contributed by atoms with Crippen molar-refractivity contribution in [2.45, 2.75) is 69.1 Å². The molecule has 1 saturated heterocycles. The van der Waals surface area contributed by atoms with Crippen molar-refractivity contribution in [3.8, 4) is 5.75 Å². The molecule has 1 spiro atoms. The highest BCUT2D eigenvalue weighted by atomic mass is 127. The van der Waals surface area contributed by atoms with Crippen LogP contribution in [0.1, 0.15) is 62.3 Å². The highest BCUT2D eigenvalue weighted by Gasteiger charge is 2.40. The lowest BCUT2D eigenvalue weighted by atomic mass is 9.89. The Morgan fingerprint density at radius 1 is 1.03 bits per heavy atom. The molecule has 2 aliphatic heterocycles. The van der Waals surface area contributed by atoms with E-state index < -0.39 is 0 Å². The zero-order valence-electron chi connectivity index (χ0n) is 18.6. The third-order valence-corrected chi connectivity index (χ3v) is 6.83. The Morgan fingerprint density at radius 2 is 1.91 bits per heavy atom. The zero-order chi connectivity index (χ0) is 20.9. The van der Waals surface area contributed by atoms with Gasteiger partial charge in [0.05, 0.1) is 24.5 Å². The van der Waals surface area contributed by atoms with Crippen molar-refractivity contribution in [3.63, 3.8) is 0 Å². The molecule has 1 saturated carbocycles. The molecule has 0 amide bonds. The quantitative estimate of drug-likeness (QED) is 0.312. The summed E-state index contributed by atoms with van der Waals surface area (Å²) in [5.74, 6) is 2.82. The van der Waals surface area contributed by atoms with Crippen LogP contribution in [0.25, 0.3) is 0 Å². The minimum atomic E-state index is 0. The summed E-state index contributed by atoms with van der Waals surface area (Å²) in [5, 5.41) is 7.46. The van der Waals surface area contributed by atoms with Gasteiger partial charge in [-0.05, 0) is 43.9 Å². The number of guanidine groups is 1. The number of nitrogens with zero attached hydrogens (tertiary/aromatic N) is 1. The molecule has 32 heavy (non-hydrogen) atoms. The monoisotopic (exact) mass is 551 g/mol. The lowest BCUT2D eigenvalue weighted by Crippen LogP contribution is -2.51. The van der Waals surface area contributed by atoms with Crippen molar-refractivity contribution >= 4 is 29.9 Å². The summed E-state index contributed by atoms with van der Waals surface area (Å²) in [6, 6.07) is 12.8. The van der Waals surface area contributed by atoms with Gasteiger partial charge in [0.25, 0.3) is 0 Å². The molecule has 6 nitrogen and oxygen atoms in total. The first-order chi connectivity index (χ1) is 15.3. The summed E-state index contributed by atoms with van der Waals surface area (Å²) in [6.45, 7) is 2.23. The maximum absolute atomic E-state index is 6.24. The third kappa shape index (κ3) is 5.60. The van der Waals surface area contributed by atoms with Gasteiger partial charge in [-0.15, -0.1) is 24.0 Å². The van der Waals surface area contributed by atoms with E-state index in [1.165, 1.54) is 31.2 Å². The molecule has 7 heteroatoms. The Hall–Kier alpha value is -1.74. The van der Waals surface area contributed by atoms with Crippen molar-refractivity contribution in [2.75, 3.05) is 19.8 Å². The number of halogens is 1. The van der Waals surface area contributed by atoms with Gasteiger partial charge in [0, 0.05) is 37.6 Å². The van der Waals surface area contributed by atoms with Gasteiger partial charge < -0.3 is 24.5 Å². The number of hydrogen-bond donors (Lipinski definition) is 2. The van der Waals surface area contributed by atoms with E-state index in [0.717, 1.165) is 49.8 Å². The van der Waals surface area contributed by atoms with E-state index in [1.807, 2.05) is 24.3 Å². The highest BCUT2D eigenvalue weighted by Crippen LogP contribution is 2.40. The summed E-state index contributed by atoms with van der Waals surface area (Å²) in [4.78, 5) is 4.93. The number of benzene rings is 1. The van der Waals surface area contributed by atoms with Crippen LogP contribution in [0.4, 0.5) is 0 Å². The number of hydrogen-bond acceptors (Lipinski definition) is 4. The first kappa shape index (κ1) is 23.4. The second-order valence-corrected chi connectivity index (χ2v) is 9.00. The van der Waals surface area contributed by atoms with Crippen LogP contribution in [0.15, 0.2) is 52.1 Å². The fraction of sp³-hybridized carbons (Fsp3) is 0.560. The van der Waals surface area contributed by atoms with Crippen LogP contribution in [0, 0.1) is 0 Å². The summed E-state index contributed by atoms with van der Waals surface area (Å²) in [6.07, 6.45) is 10.5. The van der Waals surface area contributed by atoms with Gasteiger partial charge in [-0.25, -0.2) is 0 Å². The first-order valence-corrected chi connectivity index (χ1v) is 11.8. The Labute approximate surface area is 207 Å². The van der Waals surface area contributed by atoms with Crippen molar-refractivity contribution in [1.82, 2.24) is 10.6 Å². The summed E-state index contributed by atoms with van der Waals surface area (Å²) in [7, 11) is 0. The van der Waals surface area contributed by atoms with E-state index >= 15 is 0 Å². The lowest BCUT2D eigenvalue weighted by molar-refractivity contribution is -0.0815. The fourth-order valence-corrected chi connectivity index (χ4v) is 5.23. The van der Waals surface area contributed by atoms with Gasteiger partial charge >= 0.3 is 0 Å². The van der Waals surface area contributed by atoms with Crippen LogP contribution in [0.2, 0.25) is 0 Å². The predicted molar refractivity (Wildman–Crippen MR) is 136 cm³/mol. The number of fused-ring (bicyclic) bond motifs is 1. The fourth-order valence-electron chi connectivity index (χ4n) is 5.23. The minimum absolute atomic E-state index is 0. The molecule has 2 atom stereocenters. The minimum Gasteiger partial charge on any atom is -0.493 e. The molecule has 2 unspecified atom stereocenters. The highest BCUT2D eigenvalue weighted by molar-refractivity contribution is 14.0. The summed E-state index contributed by atoms with van der Waals surface area (Å²) >= 11 is 0. The van der Waals surface area contributed by atoms with E-state index in [4.69, 9.17) is 18.9 Å². The van der Waals surface area contributed by atoms with E-state index in [0.29, 0.717) is 19.2 Å². The van der Waals surface area contributed by atoms with E-state index in [1.54, 1.807) is 6.26 Å². The molecule has 1 aliphatic carbocycles. The van der Waals surface area contributed by atoms with Gasteiger partial charge in [0.15, 0.2) is 5.96 Å². The number of aliphatic imine (C=N–C) groups is 1. The Balaban J connectivity index is 0.00000245. The molecule has 3 heterocycles. The Bertz CT molecular complexity index is 880. The Morgan fingerprint density at radius 3 is 2.75 bits per heavy atom. The van der Waals surface area contributed by atoms with Crippen LogP contribution >= 0.6 is 24.0 Å². The van der Waals surface area contributed by atoms with Crippen molar-refractivity contribution < 1.29 is 13.9 Å². The molecule has 1 aromatic carbocycles. The zero-order valence-corrected chi connectivity index (χ0v) is 20.9. The van der Waals surface area contributed by atoms with Crippen LogP contribution in [0.5, 0.6) is 5.75 Å². The SMILES string of the molecule is I.c1coc(CCN=C(NC2CCOC3(CCCC3)C2)NC2CCOc3ccccc32)c1. The van der Waals surface area contributed by atoms with Crippen molar-refractivity contribution in [2.24, 2.45) is 4.99 Å². The number of para-hydroxylation sites is 1. The first-order valence-electron chi connectivity index (χ1n) is 11.8. The third-order valence-electron chi connectivity index (χ3n) is 6.83. The Kier molecular flexibility index (Phi) is 7.99. The number of furan rings is 1. The second-order valence-electron chi connectivity index (χ2n) is 9.00. The van der Waals surface area contributed by atoms with Crippen molar-refractivity contribution in [1.29, 1.82) is 0 Å². The predicted octanol–water partition coefficient (Wildman–Crippen LogP) is 4.99. The largest absolute Gasteiger partial charge is 0.493 e. The molecule has 1 aromatic heterocycles. The van der Waals surface area contributed by atoms with Gasteiger partial charge in [-0.3, -0.25) is 4.99 Å². The van der Waals surface area contributed by atoms with E-state index in [-0.39, 0.29) is 35.6 Å². The molecular formula is C25H34IN3O3. The molecule has 3 aliphatic rings. The molecule has 174 valence electrons. The second kappa shape index (κ2) is 10.9. The van der Waals surface area contributed by atoms with Crippen LogP contribution in [-0.4, -0.2) is 37.4 Å². The molecule has 5 rings (SSSR count). The average Bonchev–Trinajstić information content (AvgIpc) is 3.47. The smallest absolute Gasteiger partial charge is 0.191 e. The maximum atomic E-state index is 6.24. The maximum Gasteiger partial charge on any atom is 0.191 e. The molecule has 2 fully saturated rings. The lowest BCUT2D eigenvalue weighted by Gasteiger charge is -2.39. The summed E-state index contributed by atoms with van der Waals surface area (Å²) in [5.41, 5.74) is 1.29. The molecular weight excluding hydrogens is 517 g/mol. The van der Waals surface area contributed by atoms with E-state index in [9.17, 15) is 0 Å². The average molecular weight is 551 g/mol. The number of nitrogens with one attached hydrogen (secondary N) is 2. The topological polar surface area (TPSA) is 68.0 Å². The van der Waals surface area contributed by atoms with Gasteiger partial charge in [-0.1, -0.05) is 31.0 Å². The molecule has 0 bridgehead atoms.